The molecular formula is C13H12F3NO4. The van der Waals surface area contributed by atoms with E-state index < -0.39 is 30.6 Å². The van der Waals surface area contributed by atoms with Gasteiger partial charge in [-0.05, 0) is 37.1 Å². The molecule has 1 aliphatic carbocycles. The number of halogens is 3. The number of carbonyl (C=O) groups excluding carboxylic acids is 2. The molecule has 0 aliphatic heterocycles. The molecule has 8 heteroatoms. The Morgan fingerprint density at radius 2 is 1.81 bits per heavy atom. The van der Waals surface area contributed by atoms with Crippen molar-refractivity contribution in [2.24, 2.45) is 0 Å². The van der Waals surface area contributed by atoms with E-state index in [1.54, 1.807) is 0 Å². The van der Waals surface area contributed by atoms with Crippen molar-refractivity contribution in [3.8, 4) is 5.75 Å². The molecule has 0 atom stereocenters. The van der Waals surface area contributed by atoms with Gasteiger partial charge < -0.3 is 14.8 Å². The number of rotatable bonds is 5. The van der Waals surface area contributed by atoms with Crippen molar-refractivity contribution < 1.29 is 32.2 Å². The van der Waals surface area contributed by atoms with Crippen molar-refractivity contribution in [3.63, 3.8) is 0 Å². The summed E-state index contributed by atoms with van der Waals surface area (Å²) < 4.78 is 44.3. The van der Waals surface area contributed by atoms with Crippen LogP contribution in [0.4, 0.5) is 13.2 Å². The van der Waals surface area contributed by atoms with E-state index in [-0.39, 0.29) is 11.6 Å². The van der Waals surface area contributed by atoms with Gasteiger partial charge in [-0.25, -0.2) is 4.79 Å². The van der Waals surface area contributed by atoms with Gasteiger partial charge in [0.1, 0.15) is 5.75 Å². The maximum Gasteiger partial charge on any atom is 0.573 e. The first-order chi connectivity index (χ1) is 9.83. The van der Waals surface area contributed by atoms with Crippen LogP contribution in [-0.4, -0.2) is 30.9 Å². The molecule has 0 bridgehead atoms. The van der Waals surface area contributed by atoms with E-state index in [0.717, 1.165) is 37.1 Å². The molecule has 0 heterocycles. The molecule has 1 N–H and O–H groups in total. The van der Waals surface area contributed by atoms with Crippen molar-refractivity contribution in [2.75, 3.05) is 6.61 Å². The summed E-state index contributed by atoms with van der Waals surface area (Å²) in [5, 5.41) is 2.63. The van der Waals surface area contributed by atoms with E-state index in [2.05, 4.69) is 10.1 Å². The van der Waals surface area contributed by atoms with Crippen LogP contribution in [0.1, 0.15) is 23.2 Å². The summed E-state index contributed by atoms with van der Waals surface area (Å²) in [4.78, 5) is 22.9. The second-order valence-electron chi connectivity index (χ2n) is 4.49. The molecule has 114 valence electrons. The van der Waals surface area contributed by atoms with Crippen LogP contribution in [0.25, 0.3) is 0 Å². The Balaban J connectivity index is 1.82. The maximum atomic E-state index is 12.0. The number of benzene rings is 1. The van der Waals surface area contributed by atoms with Crippen LogP contribution < -0.4 is 10.1 Å². The zero-order valence-electron chi connectivity index (χ0n) is 10.8. The van der Waals surface area contributed by atoms with E-state index in [9.17, 15) is 22.8 Å². The lowest BCUT2D eigenvalue weighted by molar-refractivity contribution is -0.274. The molecule has 1 fully saturated rings. The van der Waals surface area contributed by atoms with Crippen molar-refractivity contribution in [1.82, 2.24) is 5.32 Å². The second kappa shape index (κ2) is 6.02. The number of hydrogen-bond donors (Lipinski definition) is 1. The minimum Gasteiger partial charge on any atom is -0.452 e. The van der Waals surface area contributed by atoms with Gasteiger partial charge in [-0.1, -0.05) is 0 Å². The summed E-state index contributed by atoms with van der Waals surface area (Å²) in [6.45, 7) is -0.421. The fourth-order valence-electron chi connectivity index (χ4n) is 1.50. The molecule has 21 heavy (non-hydrogen) atoms. The first-order valence-electron chi connectivity index (χ1n) is 6.16. The topological polar surface area (TPSA) is 64.6 Å². The van der Waals surface area contributed by atoms with Gasteiger partial charge in [0.15, 0.2) is 6.61 Å². The molecule has 1 aromatic carbocycles. The summed E-state index contributed by atoms with van der Waals surface area (Å²) in [5.74, 6) is -1.63. The lowest BCUT2D eigenvalue weighted by atomic mass is 10.2. The van der Waals surface area contributed by atoms with Gasteiger partial charge in [0.25, 0.3) is 5.91 Å². The summed E-state index contributed by atoms with van der Waals surface area (Å²) in [5.41, 5.74) is 0.0312. The molecule has 1 aromatic rings. The van der Waals surface area contributed by atoms with Crippen LogP contribution in [0.2, 0.25) is 0 Å². The molecule has 0 radical (unpaired) electrons. The van der Waals surface area contributed by atoms with Crippen molar-refractivity contribution in [2.45, 2.75) is 25.2 Å². The zero-order chi connectivity index (χ0) is 15.5. The Morgan fingerprint density at radius 1 is 1.19 bits per heavy atom. The Bertz CT molecular complexity index is 523. The summed E-state index contributed by atoms with van der Waals surface area (Å²) in [7, 11) is 0. The van der Waals surface area contributed by atoms with Crippen molar-refractivity contribution >= 4 is 11.9 Å². The van der Waals surface area contributed by atoms with E-state index in [1.807, 2.05) is 0 Å². The third-order valence-electron chi connectivity index (χ3n) is 2.60. The van der Waals surface area contributed by atoms with E-state index in [4.69, 9.17) is 4.74 Å². The van der Waals surface area contributed by atoms with Crippen LogP contribution in [0, 0.1) is 0 Å². The van der Waals surface area contributed by atoms with Crippen LogP contribution >= 0.6 is 0 Å². The number of nitrogens with one attached hydrogen (secondary N) is 1. The zero-order valence-corrected chi connectivity index (χ0v) is 10.8. The SMILES string of the molecule is O=C(COC(=O)c1ccc(OC(F)(F)F)cc1)NC1CC1. The first-order valence-corrected chi connectivity index (χ1v) is 6.16. The highest BCUT2D eigenvalue weighted by atomic mass is 19.4. The van der Waals surface area contributed by atoms with E-state index in [1.165, 1.54) is 0 Å². The number of hydrogen-bond acceptors (Lipinski definition) is 4. The highest BCUT2D eigenvalue weighted by molar-refractivity contribution is 5.91. The molecule has 0 aromatic heterocycles. The Hall–Kier alpha value is -2.25. The van der Waals surface area contributed by atoms with Gasteiger partial charge >= 0.3 is 12.3 Å². The minimum atomic E-state index is -4.79. The average molecular weight is 303 g/mol. The van der Waals surface area contributed by atoms with Gasteiger partial charge in [-0.3, -0.25) is 4.79 Å². The predicted molar refractivity (Wildman–Crippen MR) is 64.6 cm³/mol. The molecular weight excluding hydrogens is 291 g/mol. The summed E-state index contributed by atoms with van der Waals surface area (Å²) >= 11 is 0. The van der Waals surface area contributed by atoms with E-state index in [0.29, 0.717) is 0 Å². The fraction of sp³-hybridized carbons (Fsp3) is 0.385. The molecule has 0 spiro atoms. The van der Waals surface area contributed by atoms with Crippen LogP contribution in [0.15, 0.2) is 24.3 Å². The smallest absolute Gasteiger partial charge is 0.452 e. The maximum absolute atomic E-state index is 12.0. The third kappa shape index (κ3) is 5.33. The average Bonchev–Trinajstić information content (AvgIpc) is 3.19. The summed E-state index contributed by atoms with van der Waals surface area (Å²) in [6.07, 6.45) is -2.95. The largest absolute Gasteiger partial charge is 0.573 e. The molecule has 1 saturated carbocycles. The quantitative estimate of drug-likeness (QED) is 0.845. The summed E-state index contributed by atoms with van der Waals surface area (Å²) in [6, 6.07) is 4.41. The number of esters is 1. The Labute approximate surface area is 118 Å². The highest BCUT2D eigenvalue weighted by Gasteiger charge is 2.31. The Morgan fingerprint density at radius 3 is 2.33 bits per heavy atom. The van der Waals surface area contributed by atoms with Gasteiger partial charge in [-0.2, -0.15) is 0 Å². The number of amides is 1. The lowest BCUT2D eigenvalue weighted by Crippen LogP contribution is -2.30. The van der Waals surface area contributed by atoms with Crippen molar-refractivity contribution in [1.29, 1.82) is 0 Å². The molecule has 2 rings (SSSR count). The van der Waals surface area contributed by atoms with Gasteiger partial charge in [0, 0.05) is 6.04 Å². The van der Waals surface area contributed by atoms with Crippen LogP contribution in [0.5, 0.6) is 5.75 Å². The molecule has 0 unspecified atom stereocenters. The standard InChI is InChI=1S/C13H12F3NO4/c14-13(15,16)21-10-5-1-8(2-6-10)12(19)20-7-11(18)17-9-3-4-9/h1-2,5-6,9H,3-4,7H2,(H,17,18). The highest BCUT2D eigenvalue weighted by Crippen LogP contribution is 2.23. The molecule has 5 nitrogen and oxygen atoms in total. The minimum absolute atomic E-state index is 0.0312. The van der Waals surface area contributed by atoms with Gasteiger partial charge in [-0.15, -0.1) is 13.2 Å². The molecule has 1 amide bonds. The predicted octanol–water partition coefficient (Wildman–Crippen LogP) is 2.02. The third-order valence-corrected chi connectivity index (χ3v) is 2.60. The van der Waals surface area contributed by atoms with Crippen molar-refractivity contribution in [3.05, 3.63) is 29.8 Å². The normalized spacial score (nSPS) is 14.4. The van der Waals surface area contributed by atoms with Gasteiger partial charge in [0.05, 0.1) is 5.56 Å². The van der Waals surface area contributed by atoms with Crippen LogP contribution in [0.3, 0.4) is 0 Å². The second-order valence-corrected chi connectivity index (χ2v) is 4.49. The monoisotopic (exact) mass is 303 g/mol. The first kappa shape index (κ1) is 15.1. The van der Waals surface area contributed by atoms with E-state index >= 15 is 0 Å². The fourth-order valence-corrected chi connectivity index (χ4v) is 1.50. The molecule has 0 saturated heterocycles. The van der Waals surface area contributed by atoms with Crippen LogP contribution in [-0.2, 0) is 9.53 Å². The Kier molecular flexibility index (Phi) is 4.35. The van der Waals surface area contributed by atoms with Gasteiger partial charge in [0.2, 0.25) is 0 Å². The molecule has 1 aliphatic rings. The number of carbonyl (C=O) groups is 2. The number of ether oxygens (including phenoxy) is 2. The lowest BCUT2D eigenvalue weighted by Gasteiger charge is -2.09. The number of alkyl halides is 3.